The Balaban J connectivity index is 1.37. The van der Waals surface area contributed by atoms with E-state index in [1.165, 1.54) is 28.6 Å². The molecule has 35 heavy (non-hydrogen) atoms. The Morgan fingerprint density at radius 3 is 2.34 bits per heavy atom. The fourth-order valence-corrected chi connectivity index (χ4v) is 5.99. The van der Waals surface area contributed by atoms with Gasteiger partial charge in [-0.2, -0.15) is 4.31 Å². The maximum Gasteiger partial charge on any atom is 0.338 e. The van der Waals surface area contributed by atoms with E-state index in [1.54, 1.807) is 6.92 Å². The molecule has 0 spiro atoms. The summed E-state index contributed by atoms with van der Waals surface area (Å²) in [4.78, 5) is 24.9. The molecule has 4 rings (SSSR count). The van der Waals surface area contributed by atoms with Crippen LogP contribution >= 0.6 is 0 Å². The first-order chi connectivity index (χ1) is 16.8. The maximum absolute atomic E-state index is 13.1. The van der Waals surface area contributed by atoms with Crippen molar-refractivity contribution in [3.8, 4) is 0 Å². The molecule has 1 saturated heterocycles. The summed E-state index contributed by atoms with van der Waals surface area (Å²) in [5.41, 5.74) is 1.37. The summed E-state index contributed by atoms with van der Waals surface area (Å²) in [5, 5.41) is 5.35. The number of ether oxygens (including phenoxy) is 1. The van der Waals surface area contributed by atoms with Gasteiger partial charge in [-0.1, -0.05) is 42.5 Å². The van der Waals surface area contributed by atoms with E-state index in [0.29, 0.717) is 18.4 Å². The van der Waals surface area contributed by atoms with Gasteiger partial charge in [0.15, 0.2) is 0 Å². The molecule has 1 aliphatic heterocycles. The van der Waals surface area contributed by atoms with E-state index in [0.717, 1.165) is 16.3 Å². The summed E-state index contributed by atoms with van der Waals surface area (Å²) in [6.07, 6.45) is 0.905. The summed E-state index contributed by atoms with van der Waals surface area (Å²) in [7, 11) is -3.71. The summed E-state index contributed by atoms with van der Waals surface area (Å²) in [6, 6.07) is 19.7. The number of nitrogens with zero attached hydrogens (tertiary/aromatic N) is 1. The second-order valence-electron chi connectivity index (χ2n) is 8.72. The summed E-state index contributed by atoms with van der Waals surface area (Å²) in [5.74, 6) is -0.785. The highest BCUT2D eigenvalue weighted by atomic mass is 32.2. The predicted octanol–water partition coefficient (Wildman–Crippen LogP) is 4.29. The minimum atomic E-state index is -3.71. The third-order valence-corrected chi connectivity index (χ3v) is 8.39. The van der Waals surface area contributed by atoms with E-state index in [9.17, 15) is 18.0 Å². The number of hydrogen-bond acceptors (Lipinski definition) is 5. The monoisotopic (exact) mass is 494 g/mol. The van der Waals surface area contributed by atoms with Gasteiger partial charge in [0.2, 0.25) is 15.9 Å². The Morgan fingerprint density at radius 2 is 1.66 bits per heavy atom. The van der Waals surface area contributed by atoms with Gasteiger partial charge in [-0.15, -0.1) is 0 Å². The summed E-state index contributed by atoms with van der Waals surface area (Å²) >= 11 is 0. The molecule has 0 saturated carbocycles. The predicted molar refractivity (Wildman–Crippen MR) is 134 cm³/mol. The Hall–Kier alpha value is -3.23. The third kappa shape index (κ3) is 5.39. The number of esters is 1. The van der Waals surface area contributed by atoms with Crippen LogP contribution in [0.1, 0.15) is 48.7 Å². The molecule has 184 valence electrons. The molecule has 0 radical (unpaired) electrons. The Bertz CT molecular complexity index is 1310. The van der Waals surface area contributed by atoms with E-state index >= 15 is 0 Å². The van der Waals surface area contributed by atoms with Crippen LogP contribution in [0, 0.1) is 5.92 Å². The fraction of sp³-hybridized carbons (Fsp3) is 0.333. The van der Waals surface area contributed by atoms with Crippen molar-refractivity contribution in [1.82, 2.24) is 9.62 Å². The minimum Gasteiger partial charge on any atom is -0.462 e. The first-order valence-corrected chi connectivity index (χ1v) is 13.3. The van der Waals surface area contributed by atoms with Crippen LogP contribution < -0.4 is 5.32 Å². The molecule has 0 aliphatic carbocycles. The molecular formula is C27H30N2O5S. The van der Waals surface area contributed by atoms with Crippen LogP contribution in [0.4, 0.5) is 0 Å². The lowest BCUT2D eigenvalue weighted by Gasteiger charge is -2.31. The number of nitrogens with one attached hydrogen (secondary N) is 1. The largest absolute Gasteiger partial charge is 0.462 e. The van der Waals surface area contributed by atoms with Crippen LogP contribution in [-0.2, 0) is 19.6 Å². The van der Waals surface area contributed by atoms with Gasteiger partial charge in [0.1, 0.15) is 0 Å². The average Bonchev–Trinajstić information content (AvgIpc) is 2.88. The van der Waals surface area contributed by atoms with Gasteiger partial charge >= 0.3 is 5.97 Å². The van der Waals surface area contributed by atoms with Crippen molar-refractivity contribution >= 4 is 32.7 Å². The van der Waals surface area contributed by atoms with Crippen molar-refractivity contribution in [1.29, 1.82) is 0 Å². The zero-order chi connectivity index (χ0) is 25.0. The van der Waals surface area contributed by atoms with Crippen LogP contribution in [0.3, 0.4) is 0 Å². The third-order valence-electron chi connectivity index (χ3n) is 6.48. The Kier molecular flexibility index (Phi) is 7.52. The van der Waals surface area contributed by atoms with Crippen LogP contribution in [0.15, 0.2) is 71.6 Å². The molecule has 1 unspecified atom stereocenters. The number of benzene rings is 3. The molecule has 0 aromatic heterocycles. The van der Waals surface area contributed by atoms with Crippen molar-refractivity contribution in [2.24, 2.45) is 5.92 Å². The molecule has 1 amide bonds. The van der Waals surface area contributed by atoms with Crippen molar-refractivity contribution in [2.45, 2.75) is 37.6 Å². The normalized spacial score (nSPS) is 16.1. The molecule has 1 heterocycles. The topological polar surface area (TPSA) is 92.8 Å². The number of piperidine rings is 1. The SMILES string of the molecule is CCOC(=O)c1ccc(S(=O)(=O)N2CCC(C(=O)NC(C)c3cccc4ccccc34)CC2)cc1. The zero-order valence-corrected chi connectivity index (χ0v) is 20.8. The highest BCUT2D eigenvalue weighted by Crippen LogP contribution is 2.27. The zero-order valence-electron chi connectivity index (χ0n) is 19.9. The van der Waals surface area contributed by atoms with Gasteiger partial charge in [0.25, 0.3) is 0 Å². The van der Waals surface area contributed by atoms with E-state index in [-0.39, 0.29) is 42.5 Å². The smallest absolute Gasteiger partial charge is 0.338 e. The lowest BCUT2D eigenvalue weighted by atomic mass is 9.95. The van der Waals surface area contributed by atoms with Crippen LogP contribution in [0.25, 0.3) is 10.8 Å². The molecule has 1 N–H and O–H groups in total. The molecule has 1 aliphatic rings. The van der Waals surface area contributed by atoms with Crippen molar-refractivity contribution in [3.63, 3.8) is 0 Å². The number of amides is 1. The number of carbonyl (C=O) groups is 2. The van der Waals surface area contributed by atoms with Gasteiger partial charge in [0.05, 0.1) is 23.1 Å². The van der Waals surface area contributed by atoms with Crippen molar-refractivity contribution in [2.75, 3.05) is 19.7 Å². The van der Waals surface area contributed by atoms with E-state index < -0.39 is 16.0 Å². The van der Waals surface area contributed by atoms with Gasteiger partial charge in [0, 0.05) is 19.0 Å². The highest BCUT2D eigenvalue weighted by molar-refractivity contribution is 7.89. The van der Waals surface area contributed by atoms with Crippen molar-refractivity contribution in [3.05, 3.63) is 77.9 Å². The summed E-state index contributed by atoms with van der Waals surface area (Å²) < 4.78 is 32.5. The second kappa shape index (κ2) is 10.6. The molecule has 3 aromatic carbocycles. The van der Waals surface area contributed by atoms with Gasteiger partial charge in [-0.05, 0) is 67.3 Å². The lowest BCUT2D eigenvalue weighted by molar-refractivity contribution is -0.126. The van der Waals surface area contributed by atoms with E-state index in [1.807, 2.05) is 43.3 Å². The van der Waals surface area contributed by atoms with Gasteiger partial charge in [-0.25, -0.2) is 13.2 Å². The lowest BCUT2D eigenvalue weighted by Crippen LogP contribution is -2.43. The summed E-state index contributed by atoms with van der Waals surface area (Å²) in [6.45, 7) is 4.47. The number of rotatable bonds is 7. The molecule has 1 atom stereocenters. The molecule has 0 bridgehead atoms. The first kappa shape index (κ1) is 24.9. The highest BCUT2D eigenvalue weighted by Gasteiger charge is 2.32. The molecular weight excluding hydrogens is 464 g/mol. The van der Waals surface area contributed by atoms with E-state index in [4.69, 9.17) is 4.74 Å². The van der Waals surface area contributed by atoms with Gasteiger partial charge < -0.3 is 10.1 Å². The van der Waals surface area contributed by atoms with Crippen LogP contribution in [-0.4, -0.2) is 44.3 Å². The quantitative estimate of drug-likeness (QED) is 0.495. The number of fused-ring (bicyclic) bond motifs is 1. The average molecular weight is 495 g/mol. The Morgan fingerprint density at radius 1 is 1.00 bits per heavy atom. The van der Waals surface area contributed by atoms with Crippen LogP contribution in [0.2, 0.25) is 0 Å². The fourth-order valence-electron chi connectivity index (χ4n) is 4.52. The number of hydrogen-bond donors (Lipinski definition) is 1. The Labute approximate surface area is 206 Å². The number of carbonyl (C=O) groups excluding carboxylic acids is 2. The minimum absolute atomic E-state index is 0.0544. The van der Waals surface area contributed by atoms with Crippen LogP contribution in [0.5, 0.6) is 0 Å². The molecule has 7 nitrogen and oxygen atoms in total. The molecule has 3 aromatic rings. The van der Waals surface area contributed by atoms with E-state index in [2.05, 4.69) is 11.4 Å². The molecule has 8 heteroatoms. The second-order valence-corrected chi connectivity index (χ2v) is 10.7. The van der Waals surface area contributed by atoms with Gasteiger partial charge in [-0.3, -0.25) is 4.79 Å². The molecule has 1 fully saturated rings. The number of sulfonamides is 1. The van der Waals surface area contributed by atoms with Crippen molar-refractivity contribution < 1.29 is 22.7 Å². The maximum atomic E-state index is 13.1. The first-order valence-electron chi connectivity index (χ1n) is 11.9. The standard InChI is InChI=1S/C27H30N2O5S/c1-3-34-27(31)22-11-13-23(14-12-22)35(32,33)29-17-15-21(16-18-29)26(30)28-19(2)24-10-6-8-20-7-4-5-9-25(20)24/h4-14,19,21H,3,15-18H2,1-2H3,(H,28,30).